The first-order valence-electron chi connectivity index (χ1n) is 18.2. The molecule has 1 aliphatic rings. The zero-order valence-electron chi connectivity index (χ0n) is 29.1. The van der Waals surface area contributed by atoms with Crippen LogP contribution in [-0.4, -0.2) is 14.5 Å². The molecule has 10 aromatic rings. The van der Waals surface area contributed by atoms with Crippen molar-refractivity contribution in [1.82, 2.24) is 14.5 Å². The number of nitrogens with zero attached hydrogens (tertiary/aromatic N) is 3. The Morgan fingerprint density at radius 2 is 1.02 bits per heavy atom. The van der Waals surface area contributed by atoms with Crippen LogP contribution < -0.4 is 0 Å². The van der Waals surface area contributed by atoms with Crippen LogP contribution in [0.4, 0.5) is 0 Å². The van der Waals surface area contributed by atoms with Gasteiger partial charge in [-0.15, -0.1) is 0 Å². The molecule has 0 amide bonds. The van der Waals surface area contributed by atoms with E-state index in [1.165, 1.54) is 64.6 Å². The topological polar surface area (TPSA) is 30.7 Å². The lowest BCUT2D eigenvalue weighted by molar-refractivity contribution is 1.16. The van der Waals surface area contributed by atoms with E-state index in [2.05, 4.69) is 156 Å². The molecule has 8 aromatic carbocycles. The van der Waals surface area contributed by atoms with E-state index in [0.717, 1.165) is 33.8 Å². The van der Waals surface area contributed by atoms with E-state index in [0.29, 0.717) is 5.82 Å². The highest BCUT2D eigenvalue weighted by molar-refractivity contribution is 7.99. The van der Waals surface area contributed by atoms with Crippen molar-refractivity contribution in [2.45, 2.75) is 9.79 Å². The molecule has 0 aliphatic carbocycles. The molecule has 0 spiro atoms. The molecular formula is C50H31N3S. The second-order valence-electron chi connectivity index (χ2n) is 13.8. The lowest BCUT2D eigenvalue weighted by Gasteiger charge is -2.21. The molecule has 0 saturated carbocycles. The molecule has 4 heteroatoms. The first kappa shape index (κ1) is 30.8. The summed E-state index contributed by atoms with van der Waals surface area (Å²) in [5.74, 6) is 0.705. The van der Waals surface area contributed by atoms with Gasteiger partial charge in [-0.05, 0) is 94.4 Å². The van der Waals surface area contributed by atoms with Gasteiger partial charge in [-0.1, -0.05) is 133 Å². The quantitative estimate of drug-likeness (QED) is 0.179. The summed E-state index contributed by atoms with van der Waals surface area (Å²) in [7, 11) is 0. The van der Waals surface area contributed by atoms with E-state index in [1.54, 1.807) is 0 Å². The summed E-state index contributed by atoms with van der Waals surface area (Å²) in [6.45, 7) is 0. The van der Waals surface area contributed by atoms with Crippen molar-refractivity contribution in [3.05, 3.63) is 188 Å². The van der Waals surface area contributed by atoms with Crippen molar-refractivity contribution in [3.8, 4) is 61.8 Å². The smallest absolute Gasteiger partial charge is 0.160 e. The summed E-state index contributed by atoms with van der Waals surface area (Å²) in [4.78, 5) is 12.8. The Hall–Kier alpha value is -6.75. The van der Waals surface area contributed by atoms with E-state index in [9.17, 15) is 0 Å². The molecule has 11 rings (SSSR count). The Balaban J connectivity index is 1.00. The molecule has 0 saturated heterocycles. The minimum absolute atomic E-state index is 0.705. The fraction of sp³-hybridized carbons (Fsp3) is 0. The molecule has 1 aliphatic heterocycles. The third kappa shape index (κ3) is 5.07. The predicted octanol–water partition coefficient (Wildman–Crippen LogP) is 13.5. The molecule has 0 fully saturated rings. The van der Waals surface area contributed by atoms with Gasteiger partial charge in [0.05, 0.1) is 22.4 Å². The maximum Gasteiger partial charge on any atom is 0.160 e. The van der Waals surface area contributed by atoms with Gasteiger partial charge in [0.25, 0.3) is 0 Å². The molecular weight excluding hydrogens is 675 g/mol. The average Bonchev–Trinajstić information content (AvgIpc) is 3.58. The number of hydrogen-bond donors (Lipinski definition) is 0. The van der Waals surface area contributed by atoms with Gasteiger partial charge in [-0.3, -0.25) is 0 Å². The van der Waals surface area contributed by atoms with Crippen LogP contribution in [0.1, 0.15) is 0 Å². The first-order chi connectivity index (χ1) is 26.7. The number of fused-ring (bicyclic) bond motifs is 5. The van der Waals surface area contributed by atoms with Crippen LogP contribution in [0.5, 0.6) is 0 Å². The van der Waals surface area contributed by atoms with Crippen molar-refractivity contribution in [2.24, 2.45) is 0 Å². The first-order valence-corrected chi connectivity index (χ1v) is 19.1. The number of rotatable bonds is 5. The van der Waals surface area contributed by atoms with Crippen LogP contribution in [0.25, 0.3) is 94.4 Å². The second kappa shape index (κ2) is 12.4. The van der Waals surface area contributed by atoms with Gasteiger partial charge in [-0.2, -0.15) is 0 Å². The van der Waals surface area contributed by atoms with E-state index in [1.807, 2.05) is 48.2 Å². The van der Waals surface area contributed by atoms with Crippen LogP contribution >= 0.6 is 11.8 Å². The summed E-state index contributed by atoms with van der Waals surface area (Å²) in [6, 6.07) is 67.3. The van der Waals surface area contributed by atoms with Crippen molar-refractivity contribution in [2.75, 3.05) is 0 Å². The zero-order valence-corrected chi connectivity index (χ0v) is 30.0. The Morgan fingerprint density at radius 1 is 0.389 bits per heavy atom. The van der Waals surface area contributed by atoms with Crippen molar-refractivity contribution >= 4 is 44.3 Å². The van der Waals surface area contributed by atoms with Crippen LogP contribution in [0.15, 0.2) is 198 Å². The lowest BCUT2D eigenvalue weighted by atomic mass is 9.94. The van der Waals surface area contributed by atoms with Gasteiger partial charge < -0.3 is 4.57 Å². The minimum atomic E-state index is 0.705. The maximum absolute atomic E-state index is 5.06. The number of hydrogen-bond acceptors (Lipinski definition) is 3. The Bertz CT molecular complexity index is 2990. The van der Waals surface area contributed by atoms with Gasteiger partial charge in [0, 0.05) is 48.3 Å². The van der Waals surface area contributed by atoms with Gasteiger partial charge in [0.2, 0.25) is 0 Å². The van der Waals surface area contributed by atoms with Crippen molar-refractivity contribution in [1.29, 1.82) is 0 Å². The SMILES string of the molecule is c1ccc(-c2cc(-c3ccccc3)nc(-c3ccc(-n4c5ccccc5c5cc(-c6ccc7c(c6)-c6cccc8cccc(c68)S7)ccc54)cc3)n2)cc1. The fourth-order valence-corrected chi connectivity index (χ4v) is 9.15. The highest BCUT2D eigenvalue weighted by Gasteiger charge is 2.20. The third-order valence-electron chi connectivity index (χ3n) is 10.6. The summed E-state index contributed by atoms with van der Waals surface area (Å²) < 4.78 is 2.37. The highest BCUT2D eigenvalue weighted by Crippen LogP contribution is 2.49. The van der Waals surface area contributed by atoms with Gasteiger partial charge in [0.1, 0.15) is 0 Å². The number of benzene rings is 8. The highest BCUT2D eigenvalue weighted by atomic mass is 32.2. The number of aromatic nitrogens is 3. The van der Waals surface area contributed by atoms with E-state index < -0.39 is 0 Å². The standard InChI is InChI=1S/C50H31N3S/c1-3-11-32(12-4-1)43-31-44(33-13-5-2-6-14-33)52-50(51-43)35-21-25-38(26-22-35)53-45-19-8-7-17-39(45)41-29-36(23-27-46(41)53)37-24-28-47-42(30-37)40-18-9-15-34-16-10-20-48(54-47)49(34)40/h1-31H. The Morgan fingerprint density at radius 3 is 1.78 bits per heavy atom. The van der Waals surface area contributed by atoms with Crippen molar-refractivity contribution in [3.63, 3.8) is 0 Å². The minimum Gasteiger partial charge on any atom is -0.309 e. The van der Waals surface area contributed by atoms with Gasteiger partial charge in [0.15, 0.2) is 5.82 Å². The average molecular weight is 706 g/mol. The molecule has 0 bridgehead atoms. The summed E-state index contributed by atoms with van der Waals surface area (Å²) in [6.07, 6.45) is 0. The molecule has 0 radical (unpaired) electrons. The molecule has 54 heavy (non-hydrogen) atoms. The molecule has 3 nitrogen and oxygen atoms in total. The van der Waals surface area contributed by atoms with Gasteiger partial charge >= 0.3 is 0 Å². The molecule has 0 N–H and O–H groups in total. The Kier molecular flexibility index (Phi) is 7.10. The van der Waals surface area contributed by atoms with E-state index >= 15 is 0 Å². The number of para-hydroxylation sites is 1. The zero-order chi connectivity index (χ0) is 35.6. The third-order valence-corrected chi connectivity index (χ3v) is 11.7. The molecule has 0 unspecified atom stereocenters. The largest absolute Gasteiger partial charge is 0.309 e. The normalized spacial score (nSPS) is 12.0. The monoisotopic (exact) mass is 705 g/mol. The molecule has 0 atom stereocenters. The van der Waals surface area contributed by atoms with Gasteiger partial charge in [-0.25, -0.2) is 9.97 Å². The fourth-order valence-electron chi connectivity index (χ4n) is 8.02. The maximum atomic E-state index is 5.06. The lowest BCUT2D eigenvalue weighted by Crippen LogP contribution is -1.97. The van der Waals surface area contributed by atoms with Crippen LogP contribution in [0.3, 0.4) is 0 Å². The predicted molar refractivity (Wildman–Crippen MR) is 225 cm³/mol. The van der Waals surface area contributed by atoms with Crippen molar-refractivity contribution < 1.29 is 0 Å². The molecule has 252 valence electrons. The molecule has 2 aromatic heterocycles. The summed E-state index contributed by atoms with van der Waals surface area (Å²) >= 11 is 1.87. The van der Waals surface area contributed by atoms with E-state index in [4.69, 9.17) is 9.97 Å². The molecule has 3 heterocycles. The second-order valence-corrected chi connectivity index (χ2v) is 14.9. The van der Waals surface area contributed by atoms with Crippen LogP contribution in [0, 0.1) is 0 Å². The Labute approximate surface area is 317 Å². The summed E-state index contributed by atoms with van der Waals surface area (Å²) in [5, 5.41) is 5.11. The van der Waals surface area contributed by atoms with Crippen LogP contribution in [0.2, 0.25) is 0 Å². The van der Waals surface area contributed by atoms with Crippen LogP contribution in [-0.2, 0) is 0 Å². The van der Waals surface area contributed by atoms with E-state index in [-0.39, 0.29) is 0 Å². The summed E-state index contributed by atoms with van der Waals surface area (Å²) in [5.41, 5.74) is 13.4.